The highest BCUT2D eigenvalue weighted by Crippen LogP contribution is 2.27. The normalized spacial score (nSPS) is 18.5. The molecule has 17 heavy (non-hydrogen) atoms. The third kappa shape index (κ3) is 2.23. The third-order valence-electron chi connectivity index (χ3n) is 3.24. The molecule has 3 heteroatoms. The van der Waals surface area contributed by atoms with E-state index in [0.29, 0.717) is 12.0 Å². The fraction of sp³-hybridized carbons (Fsp3) is 0.429. The molecule has 0 unspecified atom stereocenters. The second-order valence-corrected chi connectivity index (χ2v) is 5.29. The topological polar surface area (TPSA) is 37.4 Å². The maximum absolute atomic E-state index is 12.3. The average molecular weight is 231 g/mol. The largest absolute Gasteiger partial charge is 0.326 e. The summed E-state index contributed by atoms with van der Waals surface area (Å²) in [5.74, 6) is 0.0799. The lowest BCUT2D eigenvalue weighted by molar-refractivity contribution is -0.116. The summed E-state index contributed by atoms with van der Waals surface area (Å²) in [6.07, 6.45) is 0.449. The average Bonchev–Trinajstić information content (AvgIpc) is 2.52. The molecule has 2 rings (SSSR count). The summed E-state index contributed by atoms with van der Waals surface area (Å²) < 4.78 is 0. The van der Waals surface area contributed by atoms with E-state index in [0.717, 1.165) is 5.56 Å². The molecule has 0 spiro atoms. The van der Waals surface area contributed by atoms with Crippen LogP contribution in [-0.4, -0.2) is 28.7 Å². The monoisotopic (exact) mass is 231 g/mol. The summed E-state index contributed by atoms with van der Waals surface area (Å²) in [7, 11) is 0. The van der Waals surface area contributed by atoms with Crippen molar-refractivity contribution in [1.29, 1.82) is 0 Å². The number of likely N-dealkylation sites (tertiary alicyclic amines) is 1. The van der Waals surface area contributed by atoms with Gasteiger partial charge in [-0.25, -0.2) is 0 Å². The van der Waals surface area contributed by atoms with Crippen LogP contribution in [-0.2, 0) is 4.79 Å². The van der Waals surface area contributed by atoms with Crippen LogP contribution >= 0.6 is 0 Å². The summed E-state index contributed by atoms with van der Waals surface area (Å²) >= 11 is 0. The quantitative estimate of drug-likeness (QED) is 0.743. The predicted molar refractivity (Wildman–Crippen MR) is 65.9 cm³/mol. The minimum atomic E-state index is -0.362. The van der Waals surface area contributed by atoms with Gasteiger partial charge in [-0.1, -0.05) is 17.7 Å². The van der Waals surface area contributed by atoms with Gasteiger partial charge in [-0.15, -0.1) is 0 Å². The van der Waals surface area contributed by atoms with Crippen LogP contribution in [0, 0.1) is 6.92 Å². The molecule has 1 saturated heterocycles. The first-order valence-electron chi connectivity index (χ1n) is 5.80. The van der Waals surface area contributed by atoms with Gasteiger partial charge in [0.25, 0.3) is 5.91 Å². The Bertz CT molecular complexity index is 460. The van der Waals surface area contributed by atoms with Crippen LogP contribution in [0.5, 0.6) is 0 Å². The molecule has 0 bridgehead atoms. The number of nitrogens with zero attached hydrogens (tertiary/aromatic N) is 1. The van der Waals surface area contributed by atoms with Gasteiger partial charge in [0.2, 0.25) is 0 Å². The molecule has 0 N–H and O–H groups in total. The number of hydrogen-bond acceptors (Lipinski definition) is 2. The Morgan fingerprint density at radius 1 is 1.24 bits per heavy atom. The molecule has 0 aliphatic carbocycles. The molecule has 0 radical (unpaired) electrons. The van der Waals surface area contributed by atoms with E-state index in [9.17, 15) is 9.59 Å². The van der Waals surface area contributed by atoms with Gasteiger partial charge in [0.05, 0.1) is 6.54 Å². The SMILES string of the molecule is Cc1ccc(C(=O)N2CC(=O)CC2(C)C)cc1. The first-order valence-corrected chi connectivity index (χ1v) is 5.80. The van der Waals surface area contributed by atoms with Gasteiger partial charge in [-0.05, 0) is 32.9 Å². The van der Waals surface area contributed by atoms with Crippen molar-refractivity contribution in [3.05, 3.63) is 35.4 Å². The van der Waals surface area contributed by atoms with E-state index in [4.69, 9.17) is 0 Å². The number of benzene rings is 1. The minimum absolute atomic E-state index is 0.0548. The Morgan fingerprint density at radius 3 is 2.29 bits per heavy atom. The molecule has 0 saturated carbocycles. The van der Waals surface area contributed by atoms with Crippen molar-refractivity contribution in [2.45, 2.75) is 32.7 Å². The third-order valence-corrected chi connectivity index (χ3v) is 3.24. The van der Waals surface area contributed by atoms with Gasteiger partial charge >= 0.3 is 0 Å². The van der Waals surface area contributed by atoms with Crippen LogP contribution in [0.3, 0.4) is 0 Å². The lowest BCUT2D eigenvalue weighted by Gasteiger charge is -2.30. The molecule has 0 atom stereocenters. The van der Waals surface area contributed by atoms with Gasteiger partial charge in [-0.3, -0.25) is 9.59 Å². The van der Waals surface area contributed by atoms with E-state index >= 15 is 0 Å². The van der Waals surface area contributed by atoms with Crippen LogP contribution in [0.2, 0.25) is 0 Å². The molecule has 1 heterocycles. The van der Waals surface area contributed by atoms with Gasteiger partial charge in [0.15, 0.2) is 5.78 Å². The molecule has 3 nitrogen and oxygen atoms in total. The van der Waals surface area contributed by atoms with Crippen LogP contribution in [0.1, 0.15) is 36.2 Å². The van der Waals surface area contributed by atoms with E-state index in [2.05, 4.69) is 0 Å². The Hall–Kier alpha value is -1.64. The highest BCUT2D eigenvalue weighted by Gasteiger charge is 2.40. The van der Waals surface area contributed by atoms with Crippen LogP contribution in [0.4, 0.5) is 0 Å². The molecular weight excluding hydrogens is 214 g/mol. The van der Waals surface area contributed by atoms with Crippen molar-refractivity contribution in [3.8, 4) is 0 Å². The Labute approximate surface area is 101 Å². The standard InChI is InChI=1S/C14H17NO2/c1-10-4-6-11(7-5-10)13(17)15-9-12(16)8-14(15,2)3/h4-7H,8-9H2,1-3H3. The molecule has 90 valence electrons. The van der Waals surface area contributed by atoms with Crippen LogP contribution in [0.15, 0.2) is 24.3 Å². The molecule has 0 aromatic heterocycles. The van der Waals surface area contributed by atoms with E-state index < -0.39 is 0 Å². The van der Waals surface area contributed by atoms with Gasteiger partial charge in [0, 0.05) is 17.5 Å². The fourth-order valence-corrected chi connectivity index (χ4v) is 2.22. The summed E-state index contributed by atoms with van der Waals surface area (Å²) in [5, 5.41) is 0. The van der Waals surface area contributed by atoms with Gasteiger partial charge in [-0.2, -0.15) is 0 Å². The number of carbonyl (C=O) groups excluding carboxylic acids is 2. The maximum Gasteiger partial charge on any atom is 0.254 e. The Balaban J connectivity index is 2.26. The van der Waals surface area contributed by atoms with Gasteiger partial charge in [0.1, 0.15) is 0 Å². The number of amides is 1. The summed E-state index contributed by atoms with van der Waals surface area (Å²) in [6, 6.07) is 7.46. The van der Waals surface area contributed by atoms with E-state index in [1.165, 1.54) is 0 Å². The maximum atomic E-state index is 12.3. The Morgan fingerprint density at radius 2 is 1.82 bits per heavy atom. The predicted octanol–water partition coefficient (Wildman–Crippen LogP) is 2.19. The zero-order chi connectivity index (χ0) is 12.6. The van der Waals surface area contributed by atoms with Crippen molar-refractivity contribution < 1.29 is 9.59 Å². The first-order chi connectivity index (χ1) is 7.90. The number of Topliss-reactive ketones (excluding diaryl/α,β-unsaturated/α-hetero) is 1. The molecular formula is C14H17NO2. The van der Waals surface area contributed by atoms with Crippen molar-refractivity contribution in [1.82, 2.24) is 4.90 Å². The highest BCUT2D eigenvalue weighted by atomic mass is 16.2. The first kappa shape index (κ1) is 11.8. The van der Waals surface area contributed by atoms with Crippen molar-refractivity contribution >= 4 is 11.7 Å². The molecule has 1 aromatic rings. The molecule has 1 fully saturated rings. The minimum Gasteiger partial charge on any atom is -0.326 e. The van der Waals surface area contributed by atoms with E-state index in [-0.39, 0.29) is 23.8 Å². The number of ketones is 1. The van der Waals surface area contributed by atoms with Crippen LogP contribution in [0.25, 0.3) is 0 Å². The molecule has 1 amide bonds. The van der Waals surface area contributed by atoms with Crippen molar-refractivity contribution in [2.75, 3.05) is 6.54 Å². The summed E-state index contributed by atoms with van der Waals surface area (Å²) in [5.41, 5.74) is 1.41. The van der Waals surface area contributed by atoms with Crippen LogP contribution < -0.4 is 0 Å². The van der Waals surface area contributed by atoms with Gasteiger partial charge < -0.3 is 4.90 Å². The second kappa shape index (κ2) is 3.99. The molecule has 1 aromatic carbocycles. The number of rotatable bonds is 1. The smallest absolute Gasteiger partial charge is 0.254 e. The Kier molecular flexibility index (Phi) is 2.77. The number of aryl methyl sites for hydroxylation is 1. The summed E-state index contributed by atoms with van der Waals surface area (Å²) in [4.78, 5) is 25.4. The van der Waals surface area contributed by atoms with Crippen molar-refractivity contribution in [2.24, 2.45) is 0 Å². The van der Waals surface area contributed by atoms with Crippen molar-refractivity contribution in [3.63, 3.8) is 0 Å². The number of hydrogen-bond donors (Lipinski definition) is 0. The zero-order valence-electron chi connectivity index (χ0n) is 10.5. The molecule has 1 aliphatic rings. The lowest BCUT2D eigenvalue weighted by atomic mass is 10.0. The summed E-state index contributed by atoms with van der Waals surface area (Å²) in [6.45, 7) is 6.09. The highest BCUT2D eigenvalue weighted by molar-refractivity contribution is 5.99. The molecule has 1 aliphatic heterocycles. The number of carbonyl (C=O) groups is 2. The lowest BCUT2D eigenvalue weighted by Crippen LogP contribution is -2.42. The fourth-order valence-electron chi connectivity index (χ4n) is 2.22. The second-order valence-electron chi connectivity index (χ2n) is 5.29. The zero-order valence-corrected chi connectivity index (χ0v) is 10.5. The van der Waals surface area contributed by atoms with E-state index in [1.807, 2.05) is 45.0 Å². The van der Waals surface area contributed by atoms with E-state index in [1.54, 1.807) is 4.90 Å².